The minimum absolute atomic E-state index is 0. The molecule has 2 N–H and O–H groups in total. The molecule has 122 valence electrons. The van der Waals surface area contributed by atoms with Gasteiger partial charge in [-0.1, -0.05) is 42.5 Å². The van der Waals surface area contributed by atoms with Gasteiger partial charge in [0.05, 0.1) is 0 Å². The van der Waals surface area contributed by atoms with Gasteiger partial charge in [0.1, 0.15) is 5.82 Å². The minimum atomic E-state index is -0.214. The molecule has 0 radical (unpaired) electrons. The SMILES string of the molecule is CN=C(NCc1cccc(F)c1)NC1CC1c1ccccc1.I. The highest BCUT2D eigenvalue weighted by Gasteiger charge is 2.38. The van der Waals surface area contributed by atoms with Gasteiger partial charge >= 0.3 is 0 Å². The van der Waals surface area contributed by atoms with E-state index in [1.54, 1.807) is 13.1 Å². The predicted octanol–water partition coefficient (Wildman–Crippen LogP) is 3.66. The molecule has 3 rings (SSSR count). The highest BCUT2D eigenvalue weighted by atomic mass is 127. The largest absolute Gasteiger partial charge is 0.353 e. The van der Waals surface area contributed by atoms with Crippen LogP contribution in [0, 0.1) is 5.82 Å². The van der Waals surface area contributed by atoms with E-state index >= 15 is 0 Å². The molecule has 0 aromatic heterocycles. The maximum atomic E-state index is 13.2. The molecule has 1 fully saturated rings. The van der Waals surface area contributed by atoms with Crippen LogP contribution in [0.4, 0.5) is 4.39 Å². The van der Waals surface area contributed by atoms with E-state index in [-0.39, 0.29) is 29.8 Å². The van der Waals surface area contributed by atoms with Crippen molar-refractivity contribution < 1.29 is 4.39 Å². The van der Waals surface area contributed by atoms with Crippen LogP contribution < -0.4 is 10.6 Å². The Morgan fingerprint density at radius 2 is 1.96 bits per heavy atom. The zero-order chi connectivity index (χ0) is 15.4. The smallest absolute Gasteiger partial charge is 0.191 e. The van der Waals surface area contributed by atoms with Crippen molar-refractivity contribution in [2.75, 3.05) is 7.05 Å². The van der Waals surface area contributed by atoms with Gasteiger partial charge in [0.15, 0.2) is 5.96 Å². The third-order valence-electron chi connectivity index (χ3n) is 3.91. The molecule has 2 aromatic carbocycles. The van der Waals surface area contributed by atoms with Crippen molar-refractivity contribution in [1.29, 1.82) is 0 Å². The normalized spacial score (nSPS) is 19.7. The third kappa shape index (κ3) is 4.92. The maximum Gasteiger partial charge on any atom is 0.191 e. The molecule has 1 aliphatic rings. The van der Waals surface area contributed by atoms with Crippen molar-refractivity contribution in [3.63, 3.8) is 0 Å². The Kier molecular flexibility index (Phi) is 6.38. The van der Waals surface area contributed by atoms with Crippen LogP contribution in [0.25, 0.3) is 0 Å². The Hall–Kier alpha value is -1.63. The molecule has 2 aromatic rings. The molecule has 1 aliphatic carbocycles. The Balaban J connectivity index is 0.00000192. The number of aliphatic imine (C=N–C) groups is 1. The average molecular weight is 425 g/mol. The lowest BCUT2D eigenvalue weighted by Gasteiger charge is -2.12. The summed E-state index contributed by atoms with van der Waals surface area (Å²) < 4.78 is 13.2. The molecule has 23 heavy (non-hydrogen) atoms. The van der Waals surface area contributed by atoms with Gasteiger partial charge in [0.25, 0.3) is 0 Å². The Bertz CT molecular complexity index is 660. The van der Waals surface area contributed by atoms with Gasteiger partial charge in [-0.05, 0) is 29.7 Å². The number of nitrogens with zero attached hydrogens (tertiary/aromatic N) is 1. The van der Waals surface area contributed by atoms with E-state index < -0.39 is 0 Å². The second kappa shape index (κ2) is 8.29. The monoisotopic (exact) mass is 425 g/mol. The summed E-state index contributed by atoms with van der Waals surface area (Å²) in [6.45, 7) is 0.556. The van der Waals surface area contributed by atoms with Crippen molar-refractivity contribution in [3.05, 3.63) is 71.5 Å². The van der Waals surface area contributed by atoms with Crippen molar-refractivity contribution in [1.82, 2.24) is 10.6 Å². The number of halogens is 2. The second-order valence-electron chi connectivity index (χ2n) is 5.56. The van der Waals surface area contributed by atoms with Gasteiger partial charge in [0.2, 0.25) is 0 Å². The number of nitrogens with one attached hydrogen (secondary N) is 2. The summed E-state index contributed by atoms with van der Waals surface area (Å²) in [4.78, 5) is 4.23. The maximum absolute atomic E-state index is 13.2. The summed E-state index contributed by atoms with van der Waals surface area (Å²) in [5.41, 5.74) is 2.26. The molecule has 2 atom stereocenters. The van der Waals surface area contributed by atoms with E-state index in [1.165, 1.54) is 17.7 Å². The summed E-state index contributed by atoms with van der Waals surface area (Å²) in [5.74, 6) is 1.09. The number of guanidine groups is 1. The zero-order valence-corrected chi connectivity index (χ0v) is 15.3. The van der Waals surface area contributed by atoms with Crippen LogP contribution in [0.2, 0.25) is 0 Å². The lowest BCUT2D eigenvalue weighted by atomic mass is 10.1. The van der Waals surface area contributed by atoms with Crippen molar-refractivity contribution in [2.45, 2.75) is 24.9 Å². The average Bonchev–Trinajstić information content (AvgIpc) is 3.31. The number of benzene rings is 2. The molecule has 1 saturated carbocycles. The lowest BCUT2D eigenvalue weighted by molar-refractivity contribution is 0.624. The van der Waals surface area contributed by atoms with Gasteiger partial charge in [-0.25, -0.2) is 4.39 Å². The Labute approximate surface area is 153 Å². The molecule has 0 amide bonds. The van der Waals surface area contributed by atoms with Gasteiger partial charge in [-0.2, -0.15) is 0 Å². The molecule has 2 unspecified atom stereocenters. The van der Waals surface area contributed by atoms with Gasteiger partial charge in [-0.15, -0.1) is 24.0 Å². The summed E-state index contributed by atoms with van der Waals surface area (Å²) >= 11 is 0. The third-order valence-corrected chi connectivity index (χ3v) is 3.91. The van der Waals surface area contributed by atoms with E-state index in [1.807, 2.05) is 12.1 Å². The van der Waals surface area contributed by atoms with Crippen molar-refractivity contribution in [2.24, 2.45) is 4.99 Å². The molecule has 3 nitrogen and oxygen atoms in total. The first kappa shape index (κ1) is 17.7. The number of hydrogen-bond acceptors (Lipinski definition) is 1. The van der Waals surface area contributed by atoms with Crippen molar-refractivity contribution in [3.8, 4) is 0 Å². The molecular formula is C18H21FIN3. The highest BCUT2D eigenvalue weighted by Crippen LogP contribution is 2.40. The molecule has 0 aliphatic heterocycles. The van der Waals surface area contributed by atoms with Crippen molar-refractivity contribution >= 4 is 29.9 Å². The van der Waals surface area contributed by atoms with Crippen LogP contribution in [-0.2, 0) is 6.54 Å². The van der Waals surface area contributed by atoms with Crippen LogP contribution in [-0.4, -0.2) is 19.0 Å². The first-order chi connectivity index (χ1) is 10.8. The van der Waals surface area contributed by atoms with Gasteiger partial charge in [0, 0.05) is 25.6 Å². The van der Waals surface area contributed by atoms with Crippen LogP contribution in [0.5, 0.6) is 0 Å². The van der Waals surface area contributed by atoms with Gasteiger partial charge < -0.3 is 10.6 Å². The van der Waals surface area contributed by atoms with E-state index in [0.717, 1.165) is 17.9 Å². The van der Waals surface area contributed by atoms with E-state index in [4.69, 9.17) is 0 Å². The van der Waals surface area contributed by atoms with Gasteiger partial charge in [-0.3, -0.25) is 4.99 Å². The Morgan fingerprint density at radius 3 is 2.65 bits per heavy atom. The van der Waals surface area contributed by atoms with Crippen LogP contribution in [0.15, 0.2) is 59.6 Å². The Morgan fingerprint density at radius 1 is 1.17 bits per heavy atom. The molecule has 0 bridgehead atoms. The fourth-order valence-electron chi connectivity index (χ4n) is 2.63. The first-order valence-corrected chi connectivity index (χ1v) is 7.53. The summed E-state index contributed by atoms with van der Waals surface area (Å²) in [5, 5.41) is 6.65. The topological polar surface area (TPSA) is 36.4 Å². The fourth-order valence-corrected chi connectivity index (χ4v) is 2.63. The van der Waals surface area contributed by atoms with Crippen LogP contribution >= 0.6 is 24.0 Å². The van der Waals surface area contributed by atoms with E-state index in [0.29, 0.717) is 18.5 Å². The number of rotatable bonds is 4. The standard InChI is InChI=1S/C18H20FN3.HI/c1-20-18(21-12-13-6-5-9-15(19)10-13)22-17-11-16(17)14-7-3-2-4-8-14;/h2-10,16-17H,11-12H2,1H3,(H2,20,21,22);1H. The number of hydrogen-bond donors (Lipinski definition) is 2. The summed E-state index contributed by atoms with van der Waals surface area (Å²) in [7, 11) is 1.75. The first-order valence-electron chi connectivity index (χ1n) is 7.53. The lowest BCUT2D eigenvalue weighted by Crippen LogP contribution is -2.38. The fraction of sp³-hybridized carbons (Fsp3) is 0.278. The predicted molar refractivity (Wildman–Crippen MR) is 103 cm³/mol. The highest BCUT2D eigenvalue weighted by molar-refractivity contribution is 14.0. The molecule has 0 spiro atoms. The summed E-state index contributed by atoms with van der Waals surface area (Å²) in [6.07, 6.45) is 1.12. The van der Waals surface area contributed by atoms with E-state index in [9.17, 15) is 4.39 Å². The molecular weight excluding hydrogens is 404 g/mol. The quantitative estimate of drug-likeness (QED) is 0.446. The zero-order valence-electron chi connectivity index (χ0n) is 13.0. The summed E-state index contributed by atoms with van der Waals surface area (Å²) in [6, 6.07) is 17.5. The van der Waals surface area contributed by atoms with Crippen LogP contribution in [0.1, 0.15) is 23.5 Å². The minimum Gasteiger partial charge on any atom is -0.353 e. The molecule has 0 heterocycles. The second-order valence-corrected chi connectivity index (χ2v) is 5.56. The molecule has 0 saturated heterocycles. The van der Waals surface area contributed by atoms with E-state index in [2.05, 4.69) is 39.9 Å². The van der Waals surface area contributed by atoms with Crippen LogP contribution in [0.3, 0.4) is 0 Å². The molecule has 5 heteroatoms.